The first-order chi connectivity index (χ1) is 15.2. The molecular weight excluding hydrogens is 428 g/mol. The topological polar surface area (TPSA) is 87.1 Å². The van der Waals surface area contributed by atoms with Crippen molar-refractivity contribution in [3.8, 4) is 0 Å². The Balaban J connectivity index is 1.51. The first-order valence-electron chi connectivity index (χ1n) is 11.5. The number of piperazine rings is 1. The number of aromatic nitrogens is 4. The smallest absolute Gasteiger partial charge is 0.328 e. The zero-order valence-electron chi connectivity index (χ0n) is 19.7. The van der Waals surface area contributed by atoms with Gasteiger partial charge < -0.3 is 4.90 Å². The molecule has 1 N–H and O–H groups in total. The van der Waals surface area contributed by atoms with Crippen molar-refractivity contribution in [2.45, 2.75) is 65.3 Å². The van der Waals surface area contributed by atoms with Crippen LogP contribution in [0.4, 0.5) is 5.82 Å². The molecule has 9 heteroatoms. The predicted octanol–water partition coefficient (Wildman–Crippen LogP) is 2.83. The summed E-state index contributed by atoms with van der Waals surface area (Å²) < 4.78 is 1.47. The molecule has 2 aromatic heterocycles. The maximum Gasteiger partial charge on any atom is 0.328 e. The van der Waals surface area contributed by atoms with Gasteiger partial charge in [0, 0.05) is 56.1 Å². The fourth-order valence-electron chi connectivity index (χ4n) is 3.83. The molecule has 3 rings (SSSR count). The first kappa shape index (κ1) is 24.5. The standard InChI is InChI=1S/C23H35ClN6O2/c1-5-8-17-15-19(26-21(25-17)23(2,3)4)29-13-11-28(12-14-29)9-6-7-10-30-16-18(24)20(31)27-22(30)32/h15-16H,5-14H2,1-4H3,(H,27,31,32). The molecule has 32 heavy (non-hydrogen) atoms. The Bertz CT molecular complexity index is 1020. The van der Waals surface area contributed by atoms with Crippen molar-refractivity contribution in [3.05, 3.63) is 49.6 Å². The first-order valence-corrected chi connectivity index (χ1v) is 11.9. The molecule has 0 unspecified atom stereocenters. The fourth-order valence-corrected chi connectivity index (χ4v) is 4.00. The van der Waals surface area contributed by atoms with E-state index in [9.17, 15) is 9.59 Å². The summed E-state index contributed by atoms with van der Waals surface area (Å²) in [7, 11) is 0. The van der Waals surface area contributed by atoms with Crippen LogP contribution in [0.1, 0.15) is 58.5 Å². The number of unbranched alkanes of at least 4 members (excludes halogenated alkanes) is 1. The van der Waals surface area contributed by atoms with Gasteiger partial charge in [-0.25, -0.2) is 14.8 Å². The largest absolute Gasteiger partial charge is 0.354 e. The molecule has 0 aromatic carbocycles. The lowest BCUT2D eigenvalue weighted by molar-refractivity contribution is 0.250. The van der Waals surface area contributed by atoms with E-state index in [4.69, 9.17) is 21.6 Å². The lowest BCUT2D eigenvalue weighted by Crippen LogP contribution is -2.47. The highest BCUT2D eigenvalue weighted by Crippen LogP contribution is 2.23. The minimum absolute atomic E-state index is 0.0437. The lowest BCUT2D eigenvalue weighted by Gasteiger charge is -2.36. The molecule has 0 amide bonds. The van der Waals surface area contributed by atoms with Gasteiger partial charge in [-0.2, -0.15) is 0 Å². The predicted molar refractivity (Wildman–Crippen MR) is 129 cm³/mol. The molecule has 0 aliphatic carbocycles. The fraction of sp³-hybridized carbons (Fsp3) is 0.652. The van der Waals surface area contributed by atoms with E-state index in [1.165, 1.54) is 10.8 Å². The average molecular weight is 463 g/mol. The summed E-state index contributed by atoms with van der Waals surface area (Å²) in [6.07, 6.45) is 5.30. The number of nitrogens with one attached hydrogen (secondary N) is 1. The monoisotopic (exact) mass is 462 g/mol. The van der Waals surface area contributed by atoms with Crippen LogP contribution in [-0.4, -0.2) is 57.1 Å². The highest BCUT2D eigenvalue weighted by molar-refractivity contribution is 6.30. The number of anilines is 1. The van der Waals surface area contributed by atoms with E-state index in [1.54, 1.807) is 0 Å². The van der Waals surface area contributed by atoms with Gasteiger partial charge in [0.15, 0.2) is 0 Å². The molecule has 176 valence electrons. The van der Waals surface area contributed by atoms with Crippen molar-refractivity contribution in [1.29, 1.82) is 0 Å². The van der Waals surface area contributed by atoms with E-state index >= 15 is 0 Å². The quantitative estimate of drug-likeness (QED) is 0.607. The number of rotatable bonds is 8. The summed E-state index contributed by atoms with van der Waals surface area (Å²) >= 11 is 5.82. The second-order valence-corrected chi connectivity index (χ2v) is 9.91. The van der Waals surface area contributed by atoms with Crippen molar-refractivity contribution >= 4 is 17.4 Å². The molecule has 0 radical (unpaired) electrons. The number of nitrogens with zero attached hydrogens (tertiary/aromatic N) is 5. The lowest BCUT2D eigenvalue weighted by atomic mass is 9.95. The van der Waals surface area contributed by atoms with E-state index in [-0.39, 0.29) is 10.4 Å². The number of hydrogen-bond donors (Lipinski definition) is 1. The second-order valence-electron chi connectivity index (χ2n) is 9.51. The Labute approximate surface area is 194 Å². The maximum atomic E-state index is 11.8. The highest BCUT2D eigenvalue weighted by Gasteiger charge is 2.23. The van der Waals surface area contributed by atoms with Gasteiger partial charge in [0.1, 0.15) is 16.7 Å². The zero-order chi connectivity index (χ0) is 23.3. The van der Waals surface area contributed by atoms with Crippen LogP contribution in [-0.2, 0) is 18.4 Å². The Kier molecular flexibility index (Phi) is 8.11. The molecule has 2 aromatic rings. The molecule has 0 atom stereocenters. The van der Waals surface area contributed by atoms with Crippen molar-refractivity contribution in [1.82, 2.24) is 24.4 Å². The Hall–Kier alpha value is -2.19. The minimum atomic E-state index is -0.536. The van der Waals surface area contributed by atoms with Gasteiger partial charge in [-0.05, 0) is 25.8 Å². The summed E-state index contributed by atoms with van der Waals surface area (Å²) in [5, 5.41) is 0.0437. The molecule has 1 aliphatic heterocycles. The number of H-pyrrole nitrogens is 1. The second kappa shape index (κ2) is 10.6. The summed E-state index contributed by atoms with van der Waals surface area (Å²) in [6, 6.07) is 2.15. The summed E-state index contributed by atoms with van der Waals surface area (Å²) in [4.78, 5) is 39.9. The van der Waals surface area contributed by atoms with Gasteiger partial charge in [-0.1, -0.05) is 45.7 Å². The van der Waals surface area contributed by atoms with E-state index in [1.807, 2.05) is 0 Å². The summed E-state index contributed by atoms with van der Waals surface area (Å²) in [5.74, 6) is 1.96. The molecule has 8 nitrogen and oxygen atoms in total. The number of halogens is 1. The van der Waals surface area contributed by atoms with Crippen LogP contribution in [0.15, 0.2) is 21.9 Å². The van der Waals surface area contributed by atoms with Gasteiger partial charge >= 0.3 is 5.69 Å². The highest BCUT2D eigenvalue weighted by atomic mass is 35.5. The number of hydrogen-bond acceptors (Lipinski definition) is 6. The van der Waals surface area contributed by atoms with Crippen LogP contribution in [0, 0.1) is 0 Å². The third kappa shape index (κ3) is 6.42. The number of aryl methyl sites for hydroxylation is 2. The van der Waals surface area contributed by atoms with Crippen LogP contribution in [0.25, 0.3) is 0 Å². The molecule has 0 spiro atoms. The third-order valence-corrected chi connectivity index (χ3v) is 6.00. The van der Waals surface area contributed by atoms with Crippen LogP contribution in [0.3, 0.4) is 0 Å². The molecule has 0 bridgehead atoms. The van der Waals surface area contributed by atoms with Gasteiger partial charge in [0.2, 0.25) is 0 Å². The van der Waals surface area contributed by atoms with Crippen molar-refractivity contribution < 1.29 is 0 Å². The zero-order valence-corrected chi connectivity index (χ0v) is 20.4. The van der Waals surface area contributed by atoms with E-state index in [0.29, 0.717) is 6.54 Å². The summed E-state index contributed by atoms with van der Waals surface area (Å²) in [6.45, 7) is 14.1. The average Bonchev–Trinajstić information content (AvgIpc) is 2.74. The van der Waals surface area contributed by atoms with Crippen LogP contribution in [0.5, 0.6) is 0 Å². The Morgan fingerprint density at radius 3 is 2.41 bits per heavy atom. The maximum absolute atomic E-state index is 11.8. The molecule has 0 saturated carbocycles. The molecule has 3 heterocycles. The van der Waals surface area contributed by atoms with Crippen LogP contribution >= 0.6 is 11.6 Å². The van der Waals surface area contributed by atoms with Gasteiger partial charge in [-0.15, -0.1) is 0 Å². The normalized spacial score (nSPS) is 15.3. The molecule has 1 saturated heterocycles. The van der Waals surface area contributed by atoms with E-state index < -0.39 is 11.2 Å². The van der Waals surface area contributed by atoms with Gasteiger partial charge in [0.25, 0.3) is 5.56 Å². The van der Waals surface area contributed by atoms with Gasteiger partial charge in [-0.3, -0.25) is 19.2 Å². The SMILES string of the molecule is CCCc1cc(N2CCN(CCCCn3cc(Cl)c(=O)[nH]c3=O)CC2)nc(C(C)(C)C)n1. The van der Waals surface area contributed by atoms with Crippen LogP contribution in [0.2, 0.25) is 5.02 Å². The van der Waals surface area contributed by atoms with Crippen molar-refractivity contribution in [2.24, 2.45) is 0 Å². The molecule has 1 fully saturated rings. The number of aromatic amines is 1. The van der Waals surface area contributed by atoms with Crippen molar-refractivity contribution in [2.75, 3.05) is 37.6 Å². The van der Waals surface area contributed by atoms with E-state index in [0.717, 1.165) is 75.7 Å². The molecule has 1 aliphatic rings. The Morgan fingerprint density at radius 2 is 1.75 bits per heavy atom. The third-order valence-electron chi connectivity index (χ3n) is 5.73. The molecular formula is C23H35ClN6O2. The minimum Gasteiger partial charge on any atom is -0.354 e. The van der Waals surface area contributed by atoms with Crippen molar-refractivity contribution in [3.63, 3.8) is 0 Å². The van der Waals surface area contributed by atoms with E-state index in [2.05, 4.69) is 48.5 Å². The van der Waals surface area contributed by atoms with Gasteiger partial charge in [0.05, 0.1) is 0 Å². The summed E-state index contributed by atoms with van der Waals surface area (Å²) in [5.41, 5.74) is 0.112. The Morgan fingerprint density at radius 1 is 1.06 bits per heavy atom. The van der Waals surface area contributed by atoms with Crippen LogP contribution < -0.4 is 16.1 Å².